The monoisotopic (exact) mass is 184 g/mol. The van der Waals surface area contributed by atoms with Crippen LogP contribution in [0.2, 0.25) is 0 Å². The number of hydrogen-bond acceptors (Lipinski definition) is 5. The maximum atomic E-state index is 8.61. The van der Waals surface area contributed by atoms with Crippen molar-refractivity contribution in [3.63, 3.8) is 0 Å². The summed E-state index contributed by atoms with van der Waals surface area (Å²) in [6.07, 6.45) is 3.78. The maximum absolute atomic E-state index is 8.61. The molecule has 1 aromatic rings. The fourth-order valence-electron chi connectivity index (χ4n) is 0.812. The Bertz CT molecular complexity index is 238. The third kappa shape index (κ3) is 3.45. The molecule has 1 heterocycles. The van der Waals surface area contributed by atoms with Crippen LogP contribution in [-0.2, 0) is 22.8 Å². The van der Waals surface area contributed by atoms with E-state index in [2.05, 4.69) is 19.7 Å². The summed E-state index contributed by atoms with van der Waals surface area (Å²) >= 11 is 0. The molecule has 0 saturated heterocycles. The quantitative estimate of drug-likeness (QED) is 0.519. The molecule has 5 heteroatoms. The van der Waals surface area contributed by atoms with Gasteiger partial charge in [0.25, 0.3) is 0 Å². The van der Waals surface area contributed by atoms with E-state index in [1.54, 1.807) is 12.4 Å². The highest BCUT2D eigenvalue weighted by molar-refractivity contribution is 5.03. The highest BCUT2D eigenvalue weighted by atomic mass is 17.2. The zero-order chi connectivity index (χ0) is 9.52. The van der Waals surface area contributed by atoms with E-state index in [-0.39, 0.29) is 6.61 Å². The SMILES string of the molecule is COOCc1cnc(CCO)nc1. The van der Waals surface area contributed by atoms with Gasteiger partial charge in [-0.05, 0) is 0 Å². The van der Waals surface area contributed by atoms with E-state index in [0.29, 0.717) is 18.9 Å². The molecule has 0 fully saturated rings. The maximum Gasteiger partial charge on any atom is 0.130 e. The van der Waals surface area contributed by atoms with E-state index in [1.807, 2.05) is 0 Å². The van der Waals surface area contributed by atoms with Crippen molar-refractivity contribution in [2.45, 2.75) is 13.0 Å². The lowest BCUT2D eigenvalue weighted by atomic mass is 10.3. The average molecular weight is 184 g/mol. The van der Waals surface area contributed by atoms with E-state index in [1.165, 1.54) is 7.11 Å². The van der Waals surface area contributed by atoms with Crippen molar-refractivity contribution in [3.8, 4) is 0 Å². The second-order valence-corrected chi connectivity index (χ2v) is 2.41. The van der Waals surface area contributed by atoms with Gasteiger partial charge in [-0.15, -0.1) is 0 Å². The number of rotatable bonds is 5. The Labute approximate surface area is 76.3 Å². The first-order chi connectivity index (χ1) is 6.36. The molecule has 0 aliphatic heterocycles. The van der Waals surface area contributed by atoms with E-state index < -0.39 is 0 Å². The molecule has 0 unspecified atom stereocenters. The van der Waals surface area contributed by atoms with Crippen LogP contribution in [0.3, 0.4) is 0 Å². The molecule has 1 aromatic heterocycles. The molecule has 0 aliphatic rings. The molecule has 0 amide bonds. The first-order valence-corrected chi connectivity index (χ1v) is 3.93. The Hall–Kier alpha value is -1.04. The van der Waals surface area contributed by atoms with Crippen LogP contribution in [0.15, 0.2) is 12.4 Å². The number of nitrogens with zero attached hydrogens (tertiary/aromatic N) is 2. The summed E-state index contributed by atoms with van der Waals surface area (Å²) in [5.41, 5.74) is 0.837. The molecule has 0 aliphatic carbocycles. The molecule has 1 rings (SSSR count). The fourth-order valence-corrected chi connectivity index (χ4v) is 0.812. The fraction of sp³-hybridized carbons (Fsp3) is 0.500. The van der Waals surface area contributed by atoms with Gasteiger partial charge in [0.1, 0.15) is 12.4 Å². The minimum atomic E-state index is 0.0634. The van der Waals surface area contributed by atoms with Gasteiger partial charge in [0.2, 0.25) is 0 Å². The second-order valence-electron chi connectivity index (χ2n) is 2.41. The highest BCUT2D eigenvalue weighted by Gasteiger charge is 1.97. The summed E-state index contributed by atoms with van der Waals surface area (Å²) < 4.78 is 0. The standard InChI is InChI=1S/C8H12N2O3/c1-12-13-6-7-4-9-8(2-3-11)10-5-7/h4-5,11H,2-3,6H2,1H3. The topological polar surface area (TPSA) is 64.5 Å². The summed E-state index contributed by atoms with van der Waals surface area (Å²) in [6.45, 7) is 0.393. The Morgan fingerprint density at radius 2 is 2.08 bits per heavy atom. The summed E-state index contributed by atoms with van der Waals surface area (Å²) in [5.74, 6) is 0.628. The second kappa shape index (κ2) is 5.58. The van der Waals surface area contributed by atoms with Gasteiger partial charge in [-0.25, -0.2) is 19.7 Å². The van der Waals surface area contributed by atoms with Crippen molar-refractivity contribution in [2.24, 2.45) is 0 Å². The number of hydrogen-bond donors (Lipinski definition) is 1. The molecule has 5 nitrogen and oxygen atoms in total. The zero-order valence-electron chi connectivity index (χ0n) is 7.43. The first kappa shape index (κ1) is 10.0. The van der Waals surface area contributed by atoms with E-state index in [4.69, 9.17) is 5.11 Å². The average Bonchev–Trinajstić information content (AvgIpc) is 2.17. The molecule has 0 bridgehead atoms. The van der Waals surface area contributed by atoms with Crippen molar-refractivity contribution in [1.82, 2.24) is 9.97 Å². The van der Waals surface area contributed by atoms with Gasteiger partial charge in [0.05, 0.1) is 13.7 Å². The smallest absolute Gasteiger partial charge is 0.130 e. The third-order valence-corrected chi connectivity index (χ3v) is 1.44. The number of aliphatic hydroxyl groups is 1. The third-order valence-electron chi connectivity index (χ3n) is 1.44. The first-order valence-electron chi connectivity index (χ1n) is 3.93. The van der Waals surface area contributed by atoms with Crippen LogP contribution in [0, 0.1) is 0 Å². The highest BCUT2D eigenvalue weighted by Crippen LogP contribution is 1.98. The van der Waals surface area contributed by atoms with Gasteiger partial charge in [0.15, 0.2) is 0 Å². The largest absolute Gasteiger partial charge is 0.396 e. The predicted octanol–water partition coefficient (Wildman–Crippen LogP) is 0.0894. The normalized spacial score (nSPS) is 10.3. The van der Waals surface area contributed by atoms with Gasteiger partial charge in [-0.3, -0.25) is 0 Å². The molecular formula is C8H12N2O3. The predicted molar refractivity (Wildman–Crippen MR) is 44.6 cm³/mol. The number of aromatic nitrogens is 2. The minimum absolute atomic E-state index is 0.0634. The molecule has 0 spiro atoms. The van der Waals surface area contributed by atoms with Gasteiger partial charge in [-0.2, -0.15) is 0 Å². The molecule has 13 heavy (non-hydrogen) atoms. The van der Waals surface area contributed by atoms with E-state index >= 15 is 0 Å². The van der Waals surface area contributed by atoms with Crippen molar-refractivity contribution < 1.29 is 14.9 Å². The molecule has 0 aromatic carbocycles. The number of aliphatic hydroxyl groups excluding tert-OH is 1. The van der Waals surface area contributed by atoms with Crippen LogP contribution in [0.25, 0.3) is 0 Å². The lowest BCUT2D eigenvalue weighted by Gasteiger charge is -2.00. The summed E-state index contributed by atoms with van der Waals surface area (Å²) in [5, 5.41) is 8.61. The molecule has 0 atom stereocenters. The van der Waals surface area contributed by atoms with Gasteiger partial charge < -0.3 is 5.11 Å². The van der Waals surface area contributed by atoms with Gasteiger partial charge in [-0.1, -0.05) is 0 Å². The Morgan fingerprint density at radius 3 is 2.62 bits per heavy atom. The van der Waals surface area contributed by atoms with Gasteiger partial charge in [0, 0.05) is 24.4 Å². The minimum Gasteiger partial charge on any atom is -0.396 e. The zero-order valence-corrected chi connectivity index (χ0v) is 7.43. The van der Waals surface area contributed by atoms with E-state index in [9.17, 15) is 0 Å². The summed E-state index contributed by atoms with van der Waals surface area (Å²) in [7, 11) is 1.45. The van der Waals surface area contributed by atoms with Crippen LogP contribution in [0.5, 0.6) is 0 Å². The summed E-state index contributed by atoms with van der Waals surface area (Å²) in [6, 6.07) is 0. The summed E-state index contributed by atoms with van der Waals surface area (Å²) in [4.78, 5) is 17.1. The molecule has 0 saturated carbocycles. The van der Waals surface area contributed by atoms with Crippen LogP contribution in [-0.4, -0.2) is 28.8 Å². The Kier molecular flexibility index (Phi) is 4.31. The molecule has 72 valence electrons. The molecule has 0 radical (unpaired) electrons. The van der Waals surface area contributed by atoms with Crippen molar-refractivity contribution >= 4 is 0 Å². The van der Waals surface area contributed by atoms with E-state index in [0.717, 1.165) is 5.56 Å². The van der Waals surface area contributed by atoms with Gasteiger partial charge >= 0.3 is 0 Å². The van der Waals surface area contributed by atoms with Crippen molar-refractivity contribution in [1.29, 1.82) is 0 Å². The lowest BCUT2D eigenvalue weighted by Crippen LogP contribution is -2.00. The van der Waals surface area contributed by atoms with Crippen molar-refractivity contribution in [2.75, 3.05) is 13.7 Å². The molecular weight excluding hydrogens is 172 g/mol. The lowest BCUT2D eigenvalue weighted by molar-refractivity contribution is -0.282. The van der Waals surface area contributed by atoms with Crippen LogP contribution >= 0.6 is 0 Å². The van der Waals surface area contributed by atoms with Crippen LogP contribution in [0.4, 0.5) is 0 Å². The van der Waals surface area contributed by atoms with Crippen LogP contribution in [0.1, 0.15) is 11.4 Å². The Morgan fingerprint density at radius 1 is 1.38 bits per heavy atom. The molecule has 1 N–H and O–H groups in total. The van der Waals surface area contributed by atoms with Crippen LogP contribution < -0.4 is 0 Å². The Balaban J connectivity index is 2.48. The van der Waals surface area contributed by atoms with Crippen molar-refractivity contribution in [3.05, 3.63) is 23.8 Å².